The number of rotatable bonds is 13. The molecule has 0 saturated carbocycles. The van der Waals surface area contributed by atoms with E-state index in [1.807, 2.05) is 0 Å². The zero-order valence-corrected chi connectivity index (χ0v) is 17.5. The number of nitrogens with one attached hydrogen (secondary N) is 4. The molecule has 1 fully saturated rings. The summed E-state index contributed by atoms with van der Waals surface area (Å²) in [6.07, 6.45) is 6.46. The lowest BCUT2D eigenvalue weighted by Crippen LogP contribution is -2.39. The molecule has 29 heavy (non-hydrogen) atoms. The minimum Gasteiger partial charge on any atom is -0.379 e. The molecule has 10 nitrogen and oxygen atoms in total. The molecule has 2 heterocycles. The smallest absolute Gasteiger partial charge is 0.233 e. The molecule has 1 aliphatic heterocycles. The quantitative estimate of drug-likeness (QED) is 0.157. The van der Waals surface area contributed by atoms with Crippen molar-refractivity contribution in [3.05, 3.63) is 24.5 Å². The molecule has 0 spiro atoms. The minimum atomic E-state index is -3.41. The standard InChI is InChI=1S/C18H32N6O4S/c19-18(22-17-5-8-20-9-6-17)21-7-3-1-2-4-16-29(25,26)23-28-15-12-24-10-13-27-14-11-24/h5-6,8-9,23H,1-4,7,10-16H2,(H3,19,20,21,22). The van der Waals surface area contributed by atoms with E-state index < -0.39 is 10.0 Å². The molecule has 0 amide bonds. The third kappa shape index (κ3) is 11.1. The maximum Gasteiger partial charge on any atom is 0.233 e. The fourth-order valence-electron chi connectivity index (χ4n) is 2.78. The Morgan fingerprint density at radius 1 is 1.17 bits per heavy atom. The average molecular weight is 429 g/mol. The number of hydrogen-bond donors (Lipinski definition) is 4. The van der Waals surface area contributed by atoms with Crippen molar-refractivity contribution in [1.29, 1.82) is 5.41 Å². The van der Waals surface area contributed by atoms with Crippen LogP contribution in [0.25, 0.3) is 0 Å². The third-order valence-corrected chi connectivity index (χ3v) is 5.59. The predicted octanol–water partition coefficient (Wildman–Crippen LogP) is 0.761. The van der Waals surface area contributed by atoms with E-state index in [4.69, 9.17) is 15.0 Å². The van der Waals surface area contributed by atoms with Gasteiger partial charge in [0.2, 0.25) is 10.0 Å². The lowest BCUT2D eigenvalue weighted by atomic mass is 10.2. The molecule has 0 aliphatic carbocycles. The fraction of sp³-hybridized carbons (Fsp3) is 0.667. The summed E-state index contributed by atoms with van der Waals surface area (Å²) < 4.78 is 29.1. The molecule has 11 heteroatoms. The molecule has 0 unspecified atom stereocenters. The van der Waals surface area contributed by atoms with Crippen LogP contribution in [0.1, 0.15) is 25.7 Å². The van der Waals surface area contributed by atoms with Gasteiger partial charge in [-0.05, 0) is 25.0 Å². The SMILES string of the molecule is N=C(NCCCCCCS(=O)(=O)NOCCN1CCOCC1)Nc1ccncc1. The number of unbranched alkanes of at least 4 members (excludes halogenated alkanes) is 3. The van der Waals surface area contributed by atoms with E-state index in [1.165, 1.54) is 0 Å². The number of ether oxygens (including phenoxy) is 1. The van der Waals surface area contributed by atoms with Gasteiger partial charge in [-0.1, -0.05) is 17.7 Å². The molecule has 0 radical (unpaired) electrons. The molecule has 1 aromatic heterocycles. The molecule has 0 bridgehead atoms. The first-order chi connectivity index (χ1) is 14.1. The summed E-state index contributed by atoms with van der Waals surface area (Å²) in [6.45, 7) is 4.79. The topological polar surface area (TPSA) is 129 Å². The van der Waals surface area contributed by atoms with Crippen LogP contribution < -0.4 is 15.5 Å². The van der Waals surface area contributed by atoms with Crippen LogP contribution >= 0.6 is 0 Å². The molecule has 164 valence electrons. The van der Waals surface area contributed by atoms with Gasteiger partial charge < -0.3 is 15.4 Å². The van der Waals surface area contributed by atoms with Crippen LogP contribution in [-0.2, 0) is 19.6 Å². The average Bonchev–Trinajstić information content (AvgIpc) is 2.72. The van der Waals surface area contributed by atoms with Crippen molar-refractivity contribution in [2.24, 2.45) is 0 Å². The van der Waals surface area contributed by atoms with Crippen molar-refractivity contribution in [3.63, 3.8) is 0 Å². The molecule has 0 aromatic carbocycles. The van der Waals surface area contributed by atoms with Crippen LogP contribution in [0.3, 0.4) is 0 Å². The van der Waals surface area contributed by atoms with Crippen molar-refractivity contribution < 1.29 is 18.0 Å². The van der Waals surface area contributed by atoms with Gasteiger partial charge in [0.1, 0.15) is 0 Å². The number of pyridine rings is 1. The first-order valence-corrected chi connectivity index (χ1v) is 11.6. The molecule has 4 N–H and O–H groups in total. The monoisotopic (exact) mass is 428 g/mol. The second-order valence-electron chi connectivity index (χ2n) is 6.78. The summed E-state index contributed by atoms with van der Waals surface area (Å²) in [6, 6.07) is 3.58. The summed E-state index contributed by atoms with van der Waals surface area (Å²) in [5.74, 6) is 0.287. The van der Waals surface area contributed by atoms with Crippen molar-refractivity contribution in [1.82, 2.24) is 20.1 Å². The zero-order valence-electron chi connectivity index (χ0n) is 16.7. The van der Waals surface area contributed by atoms with Gasteiger partial charge in [-0.15, -0.1) is 0 Å². The van der Waals surface area contributed by atoms with Crippen molar-refractivity contribution >= 4 is 21.7 Å². The van der Waals surface area contributed by atoms with Gasteiger partial charge in [-0.3, -0.25) is 20.1 Å². The van der Waals surface area contributed by atoms with E-state index in [0.717, 1.165) is 38.0 Å². The number of anilines is 1. The Hall–Kier alpha value is -1.79. The molecular formula is C18H32N6O4S. The van der Waals surface area contributed by atoms with Gasteiger partial charge in [-0.2, -0.15) is 0 Å². The Morgan fingerprint density at radius 3 is 2.66 bits per heavy atom. The van der Waals surface area contributed by atoms with E-state index in [9.17, 15) is 8.42 Å². The van der Waals surface area contributed by atoms with Crippen molar-refractivity contribution in [2.75, 3.05) is 57.1 Å². The van der Waals surface area contributed by atoms with Gasteiger partial charge in [0.15, 0.2) is 5.96 Å². The Labute approximate surface area is 172 Å². The number of morpholine rings is 1. The highest BCUT2D eigenvalue weighted by atomic mass is 32.2. The normalized spacial score (nSPS) is 15.2. The number of nitrogens with zero attached hydrogens (tertiary/aromatic N) is 2. The van der Waals surface area contributed by atoms with E-state index in [0.29, 0.717) is 39.3 Å². The second kappa shape index (κ2) is 13.4. The highest BCUT2D eigenvalue weighted by Crippen LogP contribution is 2.03. The van der Waals surface area contributed by atoms with Crippen LogP contribution in [0.2, 0.25) is 0 Å². The summed E-state index contributed by atoms with van der Waals surface area (Å²) in [7, 11) is -3.41. The highest BCUT2D eigenvalue weighted by molar-refractivity contribution is 7.89. The molecule has 1 saturated heterocycles. The second-order valence-corrected chi connectivity index (χ2v) is 8.59. The molecular weight excluding hydrogens is 396 g/mol. The number of aromatic nitrogens is 1. The summed E-state index contributed by atoms with van der Waals surface area (Å²) >= 11 is 0. The first kappa shape index (κ1) is 23.5. The summed E-state index contributed by atoms with van der Waals surface area (Å²) in [4.78, 5) is 13.4. The fourth-order valence-corrected chi connectivity index (χ4v) is 3.71. The van der Waals surface area contributed by atoms with Crippen LogP contribution in [0.5, 0.6) is 0 Å². The number of sulfonamides is 1. The van der Waals surface area contributed by atoms with Crippen LogP contribution in [-0.4, -0.2) is 76.0 Å². The lowest BCUT2D eigenvalue weighted by Gasteiger charge is -2.26. The van der Waals surface area contributed by atoms with Gasteiger partial charge in [0.05, 0.1) is 25.6 Å². The Kier molecular flexibility index (Phi) is 10.9. The Bertz CT molecular complexity index is 683. The highest BCUT2D eigenvalue weighted by Gasteiger charge is 2.12. The predicted molar refractivity (Wildman–Crippen MR) is 112 cm³/mol. The largest absolute Gasteiger partial charge is 0.379 e. The maximum atomic E-state index is 11.9. The van der Waals surface area contributed by atoms with Crippen molar-refractivity contribution in [3.8, 4) is 0 Å². The van der Waals surface area contributed by atoms with Gasteiger partial charge in [0.25, 0.3) is 0 Å². The van der Waals surface area contributed by atoms with Gasteiger partial charge in [-0.25, -0.2) is 8.42 Å². The van der Waals surface area contributed by atoms with Crippen molar-refractivity contribution in [2.45, 2.75) is 25.7 Å². The molecule has 0 atom stereocenters. The minimum absolute atomic E-state index is 0.0530. The maximum absolute atomic E-state index is 11.9. The van der Waals surface area contributed by atoms with E-state index in [2.05, 4.69) is 25.4 Å². The Balaban J connectivity index is 1.43. The number of hydrogen-bond acceptors (Lipinski definition) is 7. The van der Waals surface area contributed by atoms with Gasteiger partial charge in [0, 0.05) is 44.3 Å². The lowest BCUT2D eigenvalue weighted by molar-refractivity contribution is 0.0125. The van der Waals surface area contributed by atoms with Crippen LogP contribution in [0.15, 0.2) is 24.5 Å². The zero-order chi connectivity index (χ0) is 20.8. The third-order valence-electron chi connectivity index (χ3n) is 4.39. The summed E-state index contributed by atoms with van der Waals surface area (Å²) in [5.41, 5.74) is 0.808. The van der Waals surface area contributed by atoms with E-state index >= 15 is 0 Å². The number of guanidine groups is 1. The Morgan fingerprint density at radius 2 is 1.90 bits per heavy atom. The molecule has 1 aliphatic rings. The molecule has 2 rings (SSSR count). The van der Waals surface area contributed by atoms with E-state index in [1.54, 1.807) is 24.5 Å². The van der Waals surface area contributed by atoms with E-state index in [-0.39, 0.29) is 11.7 Å². The molecule has 1 aromatic rings. The van der Waals surface area contributed by atoms with Gasteiger partial charge >= 0.3 is 0 Å². The summed E-state index contributed by atoms with van der Waals surface area (Å²) in [5, 5.41) is 13.7. The van der Waals surface area contributed by atoms with Crippen LogP contribution in [0.4, 0.5) is 5.69 Å². The first-order valence-electron chi connectivity index (χ1n) is 9.96. The van der Waals surface area contributed by atoms with Crippen LogP contribution in [0, 0.1) is 5.41 Å².